The van der Waals surface area contributed by atoms with E-state index >= 15 is 0 Å². The van der Waals surface area contributed by atoms with Crippen molar-refractivity contribution in [1.82, 2.24) is 18.8 Å². The molecule has 0 radical (unpaired) electrons. The van der Waals surface area contributed by atoms with Crippen LogP contribution in [-0.2, 0) is 16.6 Å². The van der Waals surface area contributed by atoms with Crippen molar-refractivity contribution in [2.45, 2.75) is 32.6 Å². The molecule has 10 heteroatoms. The maximum atomic E-state index is 13.2. The van der Waals surface area contributed by atoms with Gasteiger partial charge >= 0.3 is 0 Å². The van der Waals surface area contributed by atoms with Crippen molar-refractivity contribution in [2.24, 2.45) is 0 Å². The number of halogens is 2. The van der Waals surface area contributed by atoms with Gasteiger partial charge in [0.1, 0.15) is 5.75 Å². The Morgan fingerprint density at radius 3 is 2.69 bits per heavy atom. The molecule has 3 rings (SSSR count). The predicted octanol–water partition coefficient (Wildman–Crippen LogP) is 2.69. The molecule has 1 aliphatic rings. The molecule has 0 spiro atoms. The summed E-state index contributed by atoms with van der Waals surface area (Å²) in [5, 5.41) is 7.27. The first kappa shape index (κ1) is 21.7. The SMILES string of the molecule is CCN(CC)S(=O)(=O)N1CCC(c2cc(CCOc3ccc(F)c(F)c3)[nH]n2)C1. The molecule has 0 saturated carbocycles. The molecule has 1 aliphatic heterocycles. The topological polar surface area (TPSA) is 78.5 Å². The zero-order valence-corrected chi connectivity index (χ0v) is 17.4. The first-order chi connectivity index (χ1) is 13.8. The lowest BCUT2D eigenvalue weighted by atomic mass is 10.0. The largest absolute Gasteiger partial charge is 0.493 e. The average molecular weight is 429 g/mol. The Balaban J connectivity index is 1.54. The highest BCUT2D eigenvalue weighted by molar-refractivity contribution is 7.86. The van der Waals surface area contributed by atoms with Gasteiger partial charge in [-0.05, 0) is 24.6 Å². The first-order valence-corrected chi connectivity index (χ1v) is 11.1. The molecular formula is C19H26F2N4O3S. The fourth-order valence-electron chi connectivity index (χ4n) is 3.45. The molecule has 0 aliphatic carbocycles. The number of nitrogens with one attached hydrogen (secondary N) is 1. The highest BCUT2D eigenvalue weighted by Crippen LogP contribution is 2.29. The average Bonchev–Trinajstić information content (AvgIpc) is 3.35. The normalized spacial score (nSPS) is 17.9. The van der Waals surface area contributed by atoms with Crippen LogP contribution in [0.1, 0.15) is 37.6 Å². The second-order valence-corrected chi connectivity index (χ2v) is 8.86. The van der Waals surface area contributed by atoms with Gasteiger partial charge in [-0.25, -0.2) is 8.78 Å². The van der Waals surface area contributed by atoms with Crippen LogP contribution in [0.25, 0.3) is 0 Å². The maximum absolute atomic E-state index is 13.2. The van der Waals surface area contributed by atoms with Gasteiger partial charge in [0.2, 0.25) is 0 Å². The lowest BCUT2D eigenvalue weighted by molar-refractivity contribution is 0.317. The van der Waals surface area contributed by atoms with Crippen molar-refractivity contribution in [3.05, 3.63) is 47.3 Å². The smallest absolute Gasteiger partial charge is 0.281 e. The molecule has 0 amide bonds. The minimum absolute atomic E-state index is 0.0393. The predicted molar refractivity (Wildman–Crippen MR) is 105 cm³/mol. The number of H-pyrrole nitrogens is 1. The number of ether oxygens (including phenoxy) is 1. The fourth-order valence-corrected chi connectivity index (χ4v) is 5.14. The van der Waals surface area contributed by atoms with Crippen molar-refractivity contribution < 1.29 is 21.9 Å². The number of aromatic nitrogens is 2. The van der Waals surface area contributed by atoms with Gasteiger partial charge in [-0.1, -0.05) is 13.8 Å². The van der Waals surface area contributed by atoms with Crippen molar-refractivity contribution in [2.75, 3.05) is 32.8 Å². The van der Waals surface area contributed by atoms with Gasteiger partial charge in [-0.3, -0.25) is 5.10 Å². The van der Waals surface area contributed by atoms with Crippen LogP contribution in [0.2, 0.25) is 0 Å². The van der Waals surface area contributed by atoms with E-state index in [9.17, 15) is 17.2 Å². The van der Waals surface area contributed by atoms with Crippen molar-refractivity contribution in [3.63, 3.8) is 0 Å². The van der Waals surface area contributed by atoms with Crippen molar-refractivity contribution in [3.8, 4) is 5.75 Å². The standard InChI is InChI=1S/C19H26F2N4O3S/c1-3-24(4-2)29(26,27)25-9-7-14(13-25)19-11-15(22-23-19)8-10-28-16-5-6-17(20)18(21)12-16/h5-6,11-12,14H,3-4,7-10,13H2,1-2H3,(H,22,23). The summed E-state index contributed by atoms with van der Waals surface area (Å²) in [7, 11) is -3.44. The van der Waals surface area contributed by atoms with Crippen LogP contribution in [-0.4, -0.2) is 60.0 Å². The Hall–Kier alpha value is -2.04. The summed E-state index contributed by atoms with van der Waals surface area (Å²) < 4.78 is 59.9. The number of hydrogen-bond donors (Lipinski definition) is 1. The highest BCUT2D eigenvalue weighted by atomic mass is 32.2. The van der Waals surface area contributed by atoms with E-state index in [0.29, 0.717) is 32.6 Å². The Morgan fingerprint density at radius 1 is 1.24 bits per heavy atom. The number of benzene rings is 1. The summed E-state index contributed by atoms with van der Waals surface area (Å²) in [6.45, 7) is 5.72. The quantitative estimate of drug-likeness (QED) is 0.666. The lowest BCUT2D eigenvalue weighted by Crippen LogP contribution is -2.42. The summed E-state index contributed by atoms with van der Waals surface area (Å²) in [5.41, 5.74) is 1.66. The Morgan fingerprint density at radius 2 is 2.00 bits per heavy atom. The summed E-state index contributed by atoms with van der Waals surface area (Å²) in [6, 6.07) is 5.32. The van der Waals surface area contributed by atoms with Crippen LogP contribution in [0.3, 0.4) is 0 Å². The number of rotatable bonds is 9. The fraction of sp³-hybridized carbons (Fsp3) is 0.526. The first-order valence-electron chi connectivity index (χ1n) is 9.72. The van der Waals surface area contributed by atoms with Crippen LogP contribution in [0, 0.1) is 11.6 Å². The van der Waals surface area contributed by atoms with Crippen LogP contribution in [0.15, 0.2) is 24.3 Å². The van der Waals surface area contributed by atoms with Crippen LogP contribution >= 0.6 is 0 Å². The van der Waals surface area contributed by atoms with Gasteiger partial charge < -0.3 is 4.74 Å². The summed E-state index contributed by atoms with van der Waals surface area (Å²) in [4.78, 5) is 0. The second kappa shape index (κ2) is 9.19. The van der Waals surface area contributed by atoms with Crippen molar-refractivity contribution >= 4 is 10.2 Å². The third-order valence-corrected chi connectivity index (χ3v) is 7.26. The number of hydrogen-bond acceptors (Lipinski definition) is 4. The molecule has 1 unspecified atom stereocenters. The van der Waals surface area contributed by atoms with Gasteiger partial charge in [0.05, 0.1) is 12.3 Å². The highest BCUT2D eigenvalue weighted by Gasteiger charge is 2.35. The second-order valence-electron chi connectivity index (χ2n) is 6.93. The molecule has 29 heavy (non-hydrogen) atoms. The monoisotopic (exact) mass is 428 g/mol. The molecule has 1 aromatic carbocycles. The van der Waals surface area contributed by atoms with Gasteiger partial charge in [0.25, 0.3) is 10.2 Å². The van der Waals surface area contributed by atoms with Crippen LogP contribution in [0.4, 0.5) is 8.78 Å². The molecule has 1 atom stereocenters. The molecule has 1 aromatic heterocycles. The van der Waals surface area contributed by atoms with Gasteiger partial charge in [-0.15, -0.1) is 0 Å². The Bertz CT molecular complexity index is 931. The van der Waals surface area contributed by atoms with Crippen molar-refractivity contribution in [1.29, 1.82) is 0 Å². The van der Waals surface area contributed by atoms with Gasteiger partial charge in [-0.2, -0.15) is 22.1 Å². The van der Waals surface area contributed by atoms with E-state index in [4.69, 9.17) is 4.74 Å². The van der Waals surface area contributed by atoms with Crippen LogP contribution < -0.4 is 4.74 Å². The molecule has 0 bridgehead atoms. The van der Waals surface area contributed by atoms with E-state index in [1.54, 1.807) is 0 Å². The maximum Gasteiger partial charge on any atom is 0.281 e. The molecule has 2 aromatic rings. The number of nitrogens with zero attached hydrogens (tertiary/aromatic N) is 3. The van der Waals surface area contributed by atoms with E-state index in [1.165, 1.54) is 14.7 Å². The Labute approximate surface area is 169 Å². The summed E-state index contributed by atoms with van der Waals surface area (Å²) in [5.74, 6) is -1.56. The summed E-state index contributed by atoms with van der Waals surface area (Å²) in [6.07, 6.45) is 1.23. The van der Waals surface area contributed by atoms with Crippen LogP contribution in [0.5, 0.6) is 5.75 Å². The van der Waals surface area contributed by atoms with Gasteiger partial charge in [0.15, 0.2) is 11.6 Å². The summed E-state index contributed by atoms with van der Waals surface area (Å²) >= 11 is 0. The zero-order valence-electron chi connectivity index (χ0n) is 16.6. The molecule has 1 saturated heterocycles. The van der Waals surface area contributed by atoms with E-state index in [0.717, 1.165) is 29.9 Å². The zero-order chi connectivity index (χ0) is 21.0. The van der Waals surface area contributed by atoms with E-state index < -0.39 is 21.8 Å². The molecular weight excluding hydrogens is 402 g/mol. The number of aromatic amines is 1. The third kappa shape index (κ3) is 4.93. The van der Waals surface area contributed by atoms with E-state index in [-0.39, 0.29) is 18.3 Å². The minimum atomic E-state index is -3.44. The van der Waals surface area contributed by atoms with E-state index in [2.05, 4.69) is 10.2 Å². The molecule has 1 fully saturated rings. The minimum Gasteiger partial charge on any atom is -0.493 e. The lowest BCUT2D eigenvalue weighted by Gasteiger charge is -2.25. The van der Waals surface area contributed by atoms with E-state index in [1.807, 2.05) is 19.9 Å². The Kier molecular flexibility index (Phi) is 6.86. The molecule has 160 valence electrons. The third-order valence-electron chi connectivity index (χ3n) is 5.11. The molecule has 2 heterocycles. The van der Waals surface area contributed by atoms with Gasteiger partial charge in [0, 0.05) is 50.3 Å². The molecule has 1 N–H and O–H groups in total. The molecule has 7 nitrogen and oxygen atoms in total.